The lowest BCUT2D eigenvalue weighted by Gasteiger charge is -2.35. The number of amides is 2. The van der Waals surface area contributed by atoms with E-state index in [4.69, 9.17) is 4.74 Å². The molecule has 5 rings (SSSR count). The molecule has 13 nitrogen and oxygen atoms in total. The van der Waals surface area contributed by atoms with Crippen LogP contribution in [0.15, 0.2) is 48.9 Å². The highest BCUT2D eigenvalue weighted by atomic mass is 16.5. The first-order chi connectivity index (χ1) is 21.0. The van der Waals surface area contributed by atoms with Crippen molar-refractivity contribution in [2.24, 2.45) is 5.41 Å². The minimum Gasteiger partial charge on any atom is -0.457 e. The molecule has 44 heavy (non-hydrogen) atoms. The molecule has 5 bridgehead atoms. The van der Waals surface area contributed by atoms with E-state index in [9.17, 15) is 19.5 Å². The molecule has 5 atom stereocenters. The second kappa shape index (κ2) is 13.2. The molecule has 4 N–H and O–H groups in total. The van der Waals surface area contributed by atoms with Crippen molar-refractivity contribution in [3.8, 4) is 0 Å². The van der Waals surface area contributed by atoms with Gasteiger partial charge >= 0.3 is 5.97 Å². The van der Waals surface area contributed by atoms with Crippen LogP contribution in [-0.4, -0.2) is 78.8 Å². The first-order valence-corrected chi connectivity index (χ1v) is 15.0. The van der Waals surface area contributed by atoms with Crippen molar-refractivity contribution in [2.75, 3.05) is 6.54 Å². The van der Waals surface area contributed by atoms with Crippen LogP contribution in [0.2, 0.25) is 0 Å². The molecule has 2 aliphatic rings. The van der Waals surface area contributed by atoms with Crippen molar-refractivity contribution in [3.63, 3.8) is 0 Å². The summed E-state index contributed by atoms with van der Waals surface area (Å²) in [7, 11) is 0. The van der Waals surface area contributed by atoms with E-state index in [1.165, 1.54) is 5.01 Å². The normalized spacial score (nSPS) is 27.5. The van der Waals surface area contributed by atoms with E-state index in [0.717, 1.165) is 16.3 Å². The fourth-order valence-corrected chi connectivity index (χ4v) is 5.27. The van der Waals surface area contributed by atoms with Gasteiger partial charge in [0.05, 0.1) is 17.9 Å². The van der Waals surface area contributed by atoms with Crippen molar-refractivity contribution in [1.82, 2.24) is 41.0 Å². The molecule has 1 saturated heterocycles. The van der Waals surface area contributed by atoms with E-state index in [2.05, 4.69) is 31.4 Å². The molecule has 3 aromatic rings. The molecular weight excluding hydrogens is 564 g/mol. The predicted molar refractivity (Wildman–Crippen MR) is 162 cm³/mol. The average Bonchev–Trinajstić information content (AvgIpc) is 3.54. The second-order valence-corrected chi connectivity index (χ2v) is 12.1. The highest BCUT2D eigenvalue weighted by Crippen LogP contribution is 2.26. The van der Waals surface area contributed by atoms with Gasteiger partial charge in [0.15, 0.2) is 0 Å². The summed E-state index contributed by atoms with van der Waals surface area (Å²) in [6.45, 7) is 7.85. The maximum Gasteiger partial charge on any atom is 0.325 e. The maximum atomic E-state index is 13.5. The predicted octanol–water partition coefficient (Wildman–Crippen LogP) is 1.85. The third-order valence-electron chi connectivity index (χ3n) is 8.18. The Bertz CT molecular complexity index is 1520. The highest BCUT2D eigenvalue weighted by molar-refractivity contribution is 5.90. The van der Waals surface area contributed by atoms with Crippen molar-refractivity contribution in [2.45, 2.75) is 84.0 Å². The quantitative estimate of drug-likeness (QED) is 0.325. The van der Waals surface area contributed by atoms with Crippen LogP contribution < -0.4 is 16.1 Å². The minimum atomic E-state index is -1.12. The highest BCUT2D eigenvalue weighted by Gasteiger charge is 2.34. The fraction of sp³-hybridized carbons (Fsp3) is 0.484. The third kappa shape index (κ3) is 7.29. The number of aryl methyl sites for hydroxylation is 1. The number of ether oxygens (including phenoxy) is 1. The zero-order chi connectivity index (χ0) is 31.4. The number of aliphatic hydroxyl groups is 1. The number of hydrogen-bond donors (Lipinski definition) is 4. The lowest BCUT2D eigenvalue weighted by Crippen LogP contribution is -2.61. The molecule has 0 saturated carbocycles. The van der Waals surface area contributed by atoms with Gasteiger partial charge in [0.2, 0.25) is 5.91 Å². The number of aliphatic hydroxyl groups excluding tert-OH is 1. The van der Waals surface area contributed by atoms with E-state index in [0.29, 0.717) is 31.6 Å². The molecule has 234 valence electrons. The number of carbonyl (C=O) groups excluding carboxylic acids is 3. The van der Waals surface area contributed by atoms with Crippen molar-refractivity contribution in [3.05, 3.63) is 60.2 Å². The molecule has 13 heteroatoms. The van der Waals surface area contributed by atoms with Gasteiger partial charge in [0, 0.05) is 36.3 Å². The number of nitrogens with zero attached hydrogens (tertiary/aromatic N) is 5. The lowest BCUT2D eigenvalue weighted by molar-refractivity contribution is -0.157. The van der Waals surface area contributed by atoms with E-state index in [1.54, 1.807) is 30.2 Å². The Balaban J connectivity index is 1.46. The van der Waals surface area contributed by atoms with Gasteiger partial charge in [0.1, 0.15) is 24.4 Å². The summed E-state index contributed by atoms with van der Waals surface area (Å²) < 4.78 is 7.42. The topological polar surface area (TPSA) is 164 Å². The van der Waals surface area contributed by atoms with Gasteiger partial charge < -0.3 is 15.2 Å². The third-order valence-corrected chi connectivity index (χ3v) is 8.18. The van der Waals surface area contributed by atoms with E-state index in [-0.39, 0.29) is 12.3 Å². The summed E-state index contributed by atoms with van der Waals surface area (Å²) in [5.74, 6) is -1.29. The Hall–Kier alpha value is -4.20. The molecular formula is C31H40N8O5. The Morgan fingerprint density at radius 3 is 2.73 bits per heavy atom. The van der Waals surface area contributed by atoms with E-state index < -0.39 is 47.7 Å². The van der Waals surface area contributed by atoms with Gasteiger partial charge in [-0.3, -0.25) is 34.4 Å². The van der Waals surface area contributed by atoms with E-state index >= 15 is 0 Å². The van der Waals surface area contributed by atoms with Gasteiger partial charge in [-0.05, 0) is 62.3 Å². The van der Waals surface area contributed by atoms with Gasteiger partial charge in [-0.2, -0.15) is 0 Å². The molecule has 0 aliphatic carbocycles. The number of hydrazine groups is 1. The number of carbonyl (C=O) groups is 3. The molecule has 4 heterocycles. The Morgan fingerprint density at radius 1 is 1.14 bits per heavy atom. The number of pyridine rings is 1. The van der Waals surface area contributed by atoms with Crippen LogP contribution >= 0.6 is 0 Å². The molecule has 2 amide bonds. The average molecular weight is 605 g/mol. The molecule has 1 unspecified atom stereocenters. The Kier molecular flexibility index (Phi) is 9.37. The lowest BCUT2D eigenvalue weighted by atomic mass is 9.89. The van der Waals surface area contributed by atoms with Crippen LogP contribution in [0.4, 0.5) is 0 Å². The molecule has 0 spiro atoms. The van der Waals surface area contributed by atoms with Crippen LogP contribution in [0.25, 0.3) is 16.8 Å². The van der Waals surface area contributed by atoms with Crippen LogP contribution in [0.3, 0.4) is 0 Å². The standard InChI is InChI=1S/C31H40N8O5/c1-19-28(41)39-13-5-6-26(36-39)29(42)44-20(2)21-7-8-22-18-32-24(17-23(22)16-21)9-11-31(3,4)30(43)35-25(27(40)34-19)10-14-38-15-12-33-37-38/h7-9,11-12,15-20,25-26,30,35-36,43H,5-6,10,13-14H2,1-4H3,(H,34,40)/b11-9+/t19-,20+,25-,26-,30?/m0/s1. The van der Waals surface area contributed by atoms with E-state index in [1.807, 2.05) is 57.2 Å². The zero-order valence-electron chi connectivity index (χ0n) is 25.4. The summed E-state index contributed by atoms with van der Waals surface area (Å²) >= 11 is 0. The minimum absolute atomic E-state index is 0.273. The van der Waals surface area contributed by atoms with Gasteiger partial charge in [-0.25, -0.2) is 5.43 Å². The summed E-state index contributed by atoms with van der Waals surface area (Å²) in [6.07, 6.45) is 8.41. The number of nitrogens with one attached hydrogen (secondary N) is 3. The van der Waals surface area contributed by atoms with Crippen LogP contribution in [-0.2, 0) is 25.7 Å². The molecule has 2 aromatic heterocycles. The summed E-state index contributed by atoms with van der Waals surface area (Å²) in [5, 5.41) is 28.1. The van der Waals surface area contributed by atoms with Crippen molar-refractivity contribution in [1.29, 1.82) is 0 Å². The second-order valence-electron chi connectivity index (χ2n) is 12.1. The van der Waals surface area contributed by atoms with Crippen LogP contribution in [0.5, 0.6) is 0 Å². The first kappa shape index (κ1) is 31.2. The first-order valence-electron chi connectivity index (χ1n) is 15.0. The van der Waals surface area contributed by atoms with Crippen LogP contribution in [0, 0.1) is 5.41 Å². The molecule has 1 fully saturated rings. The smallest absolute Gasteiger partial charge is 0.325 e. The number of aromatic nitrogens is 4. The number of esters is 1. The molecule has 0 radical (unpaired) electrons. The number of hydrogen-bond acceptors (Lipinski definition) is 10. The largest absolute Gasteiger partial charge is 0.457 e. The maximum absolute atomic E-state index is 13.5. The fourth-order valence-electron chi connectivity index (χ4n) is 5.27. The number of benzene rings is 1. The zero-order valence-corrected chi connectivity index (χ0v) is 25.4. The van der Waals surface area contributed by atoms with Crippen molar-refractivity contribution >= 4 is 34.6 Å². The van der Waals surface area contributed by atoms with Crippen LogP contribution in [0.1, 0.15) is 64.3 Å². The molecule has 1 aromatic carbocycles. The van der Waals surface area contributed by atoms with Crippen molar-refractivity contribution < 1.29 is 24.2 Å². The monoisotopic (exact) mass is 604 g/mol. The number of cyclic esters (lactones) is 1. The summed E-state index contributed by atoms with van der Waals surface area (Å²) in [5.41, 5.74) is 3.71. The number of fused-ring (bicyclic) bond motifs is 4. The van der Waals surface area contributed by atoms with Gasteiger partial charge in [0.25, 0.3) is 5.91 Å². The summed E-state index contributed by atoms with van der Waals surface area (Å²) in [4.78, 5) is 44.6. The van der Waals surface area contributed by atoms with Gasteiger partial charge in [-0.1, -0.05) is 37.3 Å². The summed E-state index contributed by atoms with van der Waals surface area (Å²) in [6, 6.07) is 5.29. The SMILES string of the molecule is C[C@@H]1NC(=O)[C@H](CCn2ccnn2)NC(O)C(C)(C)/C=C/c2cc3cc(ccc3cn2)[C@@H](C)OC(=O)[C@@H]2CCCN(N2)C1=O. The van der Waals surface area contributed by atoms with Gasteiger partial charge in [-0.15, -0.1) is 5.10 Å². The Morgan fingerprint density at radius 2 is 1.95 bits per heavy atom. The molecule has 2 aliphatic heterocycles. The Labute approximate surface area is 256 Å². The number of rotatable bonds is 3.